The molecule has 2 rings (SSSR count). The molecule has 5 nitrogen and oxygen atoms in total. The molecular weight excluding hydrogens is 629 g/mol. The molecule has 0 fully saturated rings. The Morgan fingerprint density at radius 1 is 0.771 bits per heavy atom. The normalized spacial score (nSPS) is 15.4. The topological polar surface area (TPSA) is 65.0 Å². The van der Waals surface area contributed by atoms with Crippen LogP contribution < -0.4 is 10.4 Å². The van der Waals surface area contributed by atoms with Crippen molar-refractivity contribution in [2.45, 2.75) is 125 Å². The standard InChI is InChI=1S/C41H68O5Si2/c1-13-23-34(32-46-48(40(8,9)10,35-24-16-14-17-25-35)36-26-18-15-19-27-36)41(28-20-21-30-42,33-44-37(43)38(2,3)4)29-22-31-45-47(11,12)39(5,6)7/h13-19,23-27,34,42H,20-22,28-33H2,1-12H3/b23-13+/t34-,41+/m1/s1. The van der Waals surface area contributed by atoms with E-state index in [4.69, 9.17) is 13.6 Å². The number of hydrogen-bond acceptors (Lipinski definition) is 5. The van der Waals surface area contributed by atoms with Crippen LogP contribution >= 0.6 is 0 Å². The highest BCUT2D eigenvalue weighted by molar-refractivity contribution is 6.99. The fraction of sp³-hybridized carbons (Fsp3) is 0.634. The highest BCUT2D eigenvalue weighted by atomic mass is 28.4. The Kier molecular flexibility index (Phi) is 15.6. The molecule has 0 saturated carbocycles. The maximum Gasteiger partial charge on any atom is 0.311 e. The van der Waals surface area contributed by atoms with Crippen LogP contribution in [0.1, 0.15) is 101 Å². The minimum atomic E-state index is -2.82. The average Bonchev–Trinajstić information content (AvgIpc) is 3.00. The minimum Gasteiger partial charge on any atom is -0.465 e. The molecule has 0 unspecified atom stereocenters. The number of unbranched alkanes of at least 4 members (excludes halogenated alkanes) is 1. The van der Waals surface area contributed by atoms with E-state index in [-0.39, 0.29) is 28.6 Å². The number of benzene rings is 2. The Morgan fingerprint density at radius 2 is 1.29 bits per heavy atom. The van der Waals surface area contributed by atoms with Gasteiger partial charge in [0.2, 0.25) is 0 Å². The number of hydrogen-bond donors (Lipinski definition) is 1. The van der Waals surface area contributed by atoms with E-state index in [0.29, 0.717) is 26.2 Å². The van der Waals surface area contributed by atoms with Crippen LogP contribution in [0.3, 0.4) is 0 Å². The smallest absolute Gasteiger partial charge is 0.311 e. The first-order valence-electron chi connectivity index (χ1n) is 18.1. The zero-order valence-corrected chi connectivity index (χ0v) is 34.4. The summed E-state index contributed by atoms with van der Waals surface area (Å²) in [6.45, 7) is 27.7. The molecule has 0 aliphatic carbocycles. The van der Waals surface area contributed by atoms with Gasteiger partial charge in [0, 0.05) is 31.2 Å². The van der Waals surface area contributed by atoms with Gasteiger partial charge < -0.3 is 18.7 Å². The molecular formula is C41H68O5Si2. The van der Waals surface area contributed by atoms with E-state index in [1.165, 1.54) is 10.4 Å². The van der Waals surface area contributed by atoms with Gasteiger partial charge in [0.1, 0.15) is 0 Å². The molecule has 0 aromatic heterocycles. The molecule has 0 saturated heterocycles. The van der Waals surface area contributed by atoms with Crippen molar-refractivity contribution in [2.24, 2.45) is 16.7 Å². The molecule has 7 heteroatoms. The molecule has 1 N–H and O–H groups in total. The second kappa shape index (κ2) is 17.8. The molecule has 48 heavy (non-hydrogen) atoms. The number of carbonyl (C=O) groups excluding carboxylic acids is 1. The minimum absolute atomic E-state index is 0.0246. The molecule has 0 spiro atoms. The van der Waals surface area contributed by atoms with Crippen LogP contribution in [-0.4, -0.2) is 54.1 Å². The lowest BCUT2D eigenvalue weighted by Gasteiger charge is -2.46. The largest absolute Gasteiger partial charge is 0.465 e. The molecule has 0 aliphatic heterocycles. The van der Waals surface area contributed by atoms with Crippen LogP contribution in [0, 0.1) is 16.7 Å². The highest BCUT2D eigenvalue weighted by Crippen LogP contribution is 2.44. The third kappa shape index (κ3) is 11.0. The number of ether oxygens (including phenoxy) is 1. The molecule has 270 valence electrons. The first kappa shape index (κ1) is 42.1. The van der Waals surface area contributed by atoms with Crippen molar-refractivity contribution < 1.29 is 23.5 Å². The second-order valence-corrected chi connectivity index (χ2v) is 26.3. The van der Waals surface area contributed by atoms with Gasteiger partial charge in [-0.05, 0) is 86.9 Å². The predicted octanol–water partition coefficient (Wildman–Crippen LogP) is 9.30. The first-order valence-corrected chi connectivity index (χ1v) is 22.9. The van der Waals surface area contributed by atoms with Crippen LogP contribution in [0.2, 0.25) is 23.2 Å². The summed E-state index contributed by atoms with van der Waals surface area (Å²) < 4.78 is 20.4. The lowest BCUT2D eigenvalue weighted by Crippen LogP contribution is -2.67. The molecule has 2 aromatic rings. The van der Waals surface area contributed by atoms with Crippen molar-refractivity contribution in [2.75, 3.05) is 26.4 Å². The molecule has 2 atom stereocenters. The van der Waals surface area contributed by atoms with Gasteiger partial charge in [0.15, 0.2) is 8.32 Å². The number of allylic oxidation sites excluding steroid dienone is 1. The monoisotopic (exact) mass is 696 g/mol. The van der Waals surface area contributed by atoms with Gasteiger partial charge in [-0.2, -0.15) is 0 Å². The number of esters is 1. The van der Waals surface area contributed by atoms with Gasteiger partial charge in [0.05, 0.1) is 12.0 Å². The maximum absolute atomic E-state index is 13.3. The molecule has 0 heterocycles. The number of rotatable bonds is 18. The van der Waals surface area contributed by atoms with Gasteiger partial charge in [-0.15, -0.1) is 0 Å². The van der Waals surface area contributed by atoms with Gasteiger partial charge in [-0.25, -0.2) is 0 Å². The number of aliphatic hydroxyl groups excluding tert-OH is 1. The Bertz CT molecular complexity index is 1220. The number of aliphatic hydroxyl groups is 1. The predicted molar refractivity (Wildman–Crippen MR) is 208 cm³/mol. The van der Waals surface area contributed by atoms with Gasteiger partial charge >= 0.3 is 5.97 Å². The summed E-state index contributed by atoms with van der Waals surface area (Å²) in [5, 5.41) is 12.3. The third-order valence-electron chi connectivity index (χ3n) is 10.4. The van der Waals surface area contributed by atoms with Gasteiger partial charge in [-0.3, -0.25) is 4.79 Å². The third-order valence-corrected chi connectivity index (χ3v) is 19.9. The van der Waals surface area contributed by atoms with E-state index in [0.717, 1.165) is 25.7 Å². The Balaban J connectivity index is 2.66. The van der Waals surface area contributed by atoms with Crippen LogP contribution in [0.4, 0.5) is 0 Å². The summed E-state index contributed by atoms with van der Waals surface area (Å²) in [6, 6.07) is 21.5. The van der Waals surface area contributed by atoms with E-state index in [1.807, 2.05) is 20.8 Å². The lowest BCUT2D eigenvalue weighted by atomic mass is 9.69. The van der Waals surface area contributed by atoms with Crippen molar-refractivity contribution in [1.29, 1.82) is 0 Å². The fourth-order valence-electron chi connectivity index (χ4n) is 6.38. The van der Waals surface area contributed by atoms with Crippen molar-refractivity contribution in [3.05, 3.63) is 72.8 Å². The van der Waals surface area contributed by atoms with Crippen LogP contribution in [0.25, 0.3) is 0 Å². The number of carbonyl (C=O) groups is 1. The van der Waals surface area contributed by atoms with Crippen LogP contribution in [0.5, 0.6) is 0 Å². The van der Waals surface area contributed by atoms with E-state index < -0.39 is 27.5 Å². The fourth-order valence-corrected chi connectivity index (χ4v) is 12.0. The van der Waals surface area contributed by atoms with Crippen LogP contribution in [0.15, 0.2) is 72.8 Å². The molecule has 0 aliphatic rings. The summed E-state index contributed by atoms with van der Waals surface area (Å²) in [5.41, 5.74) is -1.01. The van der Waals surface area contributed by atoms with Crippen molar-refractivity contribution in [1.82, 2.24) is 0 Å². The van der Waals surface area contributed by atoms with Crippen LogP contribution in [-0.2, 0) is 18.4 Å². The van der Waals surface area contributed by atoms with E-state index in [2.05, 4.69) is 134 Å². The molecule has 0 radical (unpaired) electrons. The summed E-state index contributed by atoms with van der Waals surface area (Å²) >= 11 is 0. The summed E-state index contributed by atoms with van der Waals surface area (Å²) in [5.74, 6) is -0.220. The van der Waals surface area contributed by atoms with E-state index in [9.17, 15) is 9.90 Å². The molecule has 2 aromatic carbocycles. The van der Waals surface area contributed by atoms with Gasteiger partial charge in [-0.1, -0.05) is 121 Å². The molecule has 0 amide bonds. The zero-order valence-electron chi connectivity index (χ0n) is 32.4. The Morgan fingerprint density at radius 3 is 1.73 bits per heavy atom. The average molecular weight is 697 g/mol. The van der Waals surface area contributed by atoms with E-state index in [1.54, 1.807) is 0 Å². The SMILES string of the molecule is C/C=C/[C@H](CO[Si](c1ccccc1)(c1ccccc1)C(C)(C)C)[C@@](CCCCO)(CCCO[Si](C)(C)C(C)(C)C)COC(=O)C(C)(C)C. The Hall–Kier alpha value is -2.04. The van der Waals surface area contributed by atoms with Crippen molar-refractivity contribution in [3.8, 4) is 0 Å². The molecule has 0 bridgehead atoms. The van der Waals surface area contributed by atoms with E-state index >= 15 is 0 Å². The lowest BCUT2D eigenvalue weighted by molar-refractivity contribution is -0.158. The maximum atomic E-state index is 13.3. The van der Waals surface area contributed by atoms with Crippen molar-refractivity contribution >= 4 is 33.0 Å². The summed E-state index contributed by atoms with van der Waals surface area (Å²) in [4.78, 5) is 13.3. The second-order valence-electron chi connectivity index (χ2n) is 17.2. The Labute approximate surface area is 296 Å². The quantitative estimate of drug-likeness (QED) is 0.0729. The summed E-state index contributed by atoms with van der Waals surface area (Å²) in [6.07, 6.45) is 8.42. The first-order chi connectivity index (χ1) is 22.3. The highest BCUT2D eigenvalue weighted by Gasteiger charge is 2.51. The summed E-state index contributed by atoms with van der Waals surface area (Å²) in [7, 11) is -4.74. The zero-order chi connectivity index (χ0) is 36.3. The van der Waals surface area contributed by atoms with Crippen molar-refractivity contribution in [3.63, 3.8) is 0 Å². The van der Waals surface area contributed by atoms with Gasteiger partial charge in [0.25, 0.3) is 8.32 Å².